The molecule has 0 fully saturated rings. The molecule has 0 radical (unpaired) electrons. The molecule has 0 aliphatic rings. The lowest BCUT2D eigenvalue weighted by Gasteiger charge is -1.88. The predicted molar refractivity (Wildman–Crippen MR) is 31.4 cm³/mol. The van der Waals surface area contributed by atoms with Crippen LogP contribution in [0.1, 0.15) is 0 Å². The first-order chi connectivity index (χ1) is 4.18. The smallest absolute Gasteiger partial charge is 0.252 e. The standard InChI is InChI=1S/C5H5FN2O/c6-4-1-3(7)2-5(9)8-4/h1-2H,(H3,7,8,9). The number of pyridine rings is 1. The highest BCUT2D eigenvalue weighted by atomic mass is 19.1. The van der Waals surface area contributed by atoms with E-state index in [0.717, 1.165) is 12.1 Å². The molecule has 0 atom stereocenters. The molecule has 0 bridgehead atoms. The van der Waals surface area contributed by atoms with Crippen LogP contribution in [0.3, 0.4) is 0 Å². The average molecular weight is 128 g/mol. The Morgan fingerprint density at radius 2 is 2.22 bits per heavy atom. The zero-order valence-corrected chi connectivity index (χ0v) is 4.52. The summed E-state index contributed by atoms with van der Waals surface area (Å²) in [5.74, 6) is -0.708. The Morgan fingerprint density at radius 1 is 1.56 bits per heavy atom. The maximum absolute atomic E-state index is 12.1. The number of aromatic nitrogens is 1. The van der Waals surface area contributed by atoms with Crippen molar-refractivity contribution >= 4 is 5.69 Å². The molecule has 3 N–H and O–H groups in total. The fourth-order valence-corrected chi connectivity index (χ4v) is 0.529. The van der Waals surface area contributed by atoms with Gasteiger partial charge in [0.1, 0.15) is 0 Å². The fourth-order valence-electron chi connectivity index (χ4n) is 0.529. The van der Waals surface area contributed by atoms with Crippen molar-refractivity contribution in [3.63, 3.8) is 0 Å². The molecule has 0 unspecified atom stereocenters. The van der Waals surface area contributed by atoms with Gasteiger partial charge in [0.05, 0.1) is 0 Å². The van der Waals surface area contributed by atoms with Crippen molar-refractivity contribution in [1.29, 1.82) is 0 Å². The van der Waals surface area contributed by atoms with Crippen LogP contribution >= 0.6 is 0 Å². The summed E-state index contributed by atoms with van der Waals surface area (Å²) in [6.45, 7) is 0. The Labute approximate surface area is 50.3 Å². The predicted octanol–water partition coefficient (Wildman–Crippen LogP) is 0.0962. The highest BCUT2D eigenvalue weighted by molar-refractivity contribution is 5.34. The SMILES string of the molecule is Nc1cc(F)[nH]c(=O)c1. The van der Waals surface area contributed by atoms with Gasteiger partial charge in [-0.05, 0) is 0 Å². The van der Waals surface area contributed by atoms with Crippen molar-refractivity contribution < 1.29 is 4.39 Å². The normalized spacial score (nSPS) is 9.44. The molecule has 1 aromatic heterocycles. The maximum atomic E-state index is 12.1. The number of rotatable bonds is 0. The number of H-pyrrole nitrogens is 1. The fraction of sp³-hybridized carbons (Fsp3) is 0. The minimum absolute atomic E-state index is 0.135. The minimum Gasteiger partial charge on any atom is -0.398 e. The van der Waals surface area contributed by atoms with Crippen molar-refractivity contribution in [3.8, 4) is 0 Å². The summed E-state index contributed by atoms with van der Waals surface area (Å²) in [5.41, 5.74) is 4.71. The molecule has 1 heterocycles. The highest BCUT2D eigenvalue weighted by Gasteiger charge is 1.91. The van der Waals surface area contributed by atoms with Gasteiger partial charge in [-0.2, -0.15) is 4.39 Å². The Kier molecular flexibility index (Phi) is 1.22. The Hall–Kier alpha value is -1.32. The third-order valence-corrected chi connectivity index (χ3v) is 0.834. The lowest BCUT2D eigenvalue weighted by Crippen LogP contribution is -2.07. The third kappa shape index (κ3) is 1.28. The molecule has 1 rings (SSSR count). The van der Waals surface area contributed by atoms with E-state index in [9.17, 15) is 9.18 Å². The maximum Gasteiger partial charge on any atom is 0.252 e. The zero-order chi connectivity index (χ0) is 6.85. The molecular formula is C5H5FN2O. The van der Waals surface area contributed by atoms with E-state index in [2.05, 4.69) is 0 Å². The second kappa shape index (κ2) is 1.89. The summed E-state index contributed by atoms with van der Waals surface area (Å²) < 4.78 is 12.1. The molecule has 3 nitrogen and oxygen atoms in total. The number of hydrogen-bond acceptors (Lipinski definition) is 2. The van der Waals surface area contributed by atoms with Gasteiger partial charge in [0, 0.05) is 17.8 Å². The van der Waals surface area contributed by atoms with Crippen LogP contribution in [0.4, 0.5) is 10.1 Å². The second-order valence-corrected chi connectivity index (χ2v) is 1.63. The number of halogens is 1. The number of aromatic amines is 1. The van der Waals surface area contributed by atoms with E-state index >= 15 is 0 Å². The van der Waals surface area contributed by atoms with Crippen LogP contribution in [0.5, 0.6) is 0 Å². The van der Waals surface area contributed by atoms with Crippen molar-refractivity contribution in [1.82, 2.24) is 4.98 Å². The lowest BCUT2D eigenvalue weighted by molar-refractivity contribution is 0.580. The van der Waals surface area contributed by atoms with E-state index < -0.39 is 11.5 Å². The van der Waals surface area contributed by atoms with Crippen molar-refractivity contribution in [3.05, 3.63) is 28.4 Å². The summed E-state index contributed by atoms with van der Waals surface area (Å²) in [6.07, 6.45) is 0. The first-order valence-corrected chi connectivity index (χ1v) is 2.34. The first-order valence-electron chi connectivity index (χ1n) is 2.34. The number of nitrogens with one attached hydrogen (secondary N) is 1. The van der Waals surface area contributed by atoms with E-state index in [-0.39, 0.29) is 5.69 Å². The van der Waals surface area contributed by atoms with Gasteiger partial charge in [-0.25, -0.2) is 0 Å². The Balaban J connectivity index is 3.33. The van der Waals surface area contributed by atoms with Gasteiger partial charge in [0.15, 0.2) is 5.95 Å². The van der Waals surface area contributed by atoms with Gasteiger partial charge in [-0.1, -0.05) is 0 Å². The summed E-state index contributed by atoms with van der Waals surface area (Å²) in [4.78, 5) is 12.2. The van der Waals surface area contributed by atoms with Crippen LogP contribution in [0.2, 0.25) is 0 Å². The molecular weight excluding hydrogens is 123 g/mol. The third-order valence-electron chi connectivity index (χ3n) is 0.834. The highest BCUT2D eigenvalue weighted by Crippen LogP contribution is 1.95. The lowest BCUT2D eigenvalue weighted by atomic mass is 10.4. The van der Waals surface area contributed by atoms with Crippen LogP contribution in [0.25, 0.3) is 0 Å². The van der Waals surface area contributed by atoms with Gasteiger partial charge in [0.2, 0.25) is 0 Å². The molecule has 48 valence electrons. The molecule has 4 heteroatoms. The van der Waals surface area contributed by atoms with E-state index in [1.165, 1.54) is 0 Å². The van der Waals surface area contributed by atoms with E-state index in [1.807, 2.05) is 4.98 Å². The minimum atomic E-state index is -0.708. The molecule has 1 aromatic rings. The largest absolute Gasteiger partial charge is 0.398 e. The molecule has 0 saturated heterocycles. The number of hydrogen-bond donors (Lipinski definition) is 2. The summed E-state index contributed by atoms with van der Waals surface area (Å²) in [5, 5.41) is 0. The molecule has 0 saturated carbocycles. The van der Waals surface area contributed by atoms with Crippen molar-refractivity contribution in [2.75, 3.05) is 5.73 Å². The molecule has 0 amide bonds. The van der Waals surface area contributed by atoms with Crippen LogP contribution < -0.4 is 11.3 Å². The van der Waals surface area contributed by atoms with Gasteiger partial charge in [0.25, 0.3) is 5.56 Å². The summed E-state index contributed by atoms with van der Waals surface area (Å²) in [6, 6.07) is 2.16. The second-order valence-electron chi connectivity index (χ2n) is 1.63. The van der Waals surface area contributed by atoms with E-state index in [0.29, 0.717) is 0 Å². The van der Waals surface area contributed by atoms with Crippen molar-refractivity contribution in [2.24, 2.45) is 0 Å². The summed E-state index contributed by atoms with van der Waals surface area (Å²) in [7, 11) is 0. The van der Waals surface area contributed by atoms with Crippen LogP contribution in [-0.4, -0.2) is 4.98 Å². The number of nitrogen functional groups attached to an aromatic ring is 1. The number of nitrogens with two attached hydrogens (primary N) is 1. The molecule has 0 aliphatic carbocycles. The molecule has 0 aromatic carbocycles. The quantitative estimate of drug-likeness (QED) is 0.486. The van der Waals surface area contributed by atoms with Gasteiger partial charge in [-0.15, -0.1) is 0 Å². The average Bonchev–Trinajstić information content (AvgIpc) is 1.59. The molecule has 9 heavy (non-hydrogen) atoms. The van der Waals surface area contributed by atoms with Gasteiger partial charge in [-0.3, -0.25) is 9.78 Å². The van der Waals surface area contributed by atoms with Gasteiger partial charge >= 0.3 is 0 Å². The van der Waals surface area contributed by atoms with Crippen LogP contribution in [0.15, 0.2) is 16.9 Å². The molecule has 0 spiro atoms. The van der Waals surface area contributed by atoms with E-state index in [4.69, 9.17) is 5.73 Å². The zero-order valence-electron chi connectivity index (χ0n) is 4.52. The molecule has 0 aliphatic heterocycles. The van der Waals surface area contributed by atoms with Crippen molar-refractivity contribution in [2.45, 2.75) is 0 Å². The van der Waals surface area contributed by atoms with Gasteiger partial charge < -0.3 is 5.73 Å². The summed E-state index contributed by atoms with van der Waals surface area (Å²) >= 11 is 0. The monoisotopic (exact) mass is 128 g/mol. The topological polar surface area (TPSA) is 58.9 Å². The first kappa shape index (κ1) is 5.81. The Morgan fingerprint density at radius 3 is 2.67 bits per heavy atom. The van der Waals surface area contributed by atoms with Crippen LogP contribution in [-0.2, 0) is 0 Å². The number of anilines is 1. The Bertz CT molecular complexity index is 245. The van der Waals surface area contributed by atoms with Crippen LogP contribution in [0, 0.1) is 5.95 Å². The van der Waals surface area contributed by atoms with E-state index in [1.54, 1.807) is 0 Å².